The molecule has 1 aliphatic rings. The summed E-state index contributed by atoms with van der Waals surface area (Å²) >= 11 is 0. The molecule has 1 aliphatic heterocycles. The van der Waals surface area contributed by atoms with Crippen LogP contribution in [0.25, 0.3) is 0 Å². The summed E-state index contributed by atoms with van der Waals surface area (Å²) < 4.78 is 13.5. The second kappa shape index (κ2) is 6.02. The third kappa shape index (κ3) is 3.44. The highest BCUT2D eigenvalue weighted by molar-refractivity contribution is 5.97. The number of aromatic hydroxyl groups is 1. The number of halogens is 1. The van der Waals surface area contributed by atoms with Crippen molar-refractivity contribution in [2.45, 2.75) is 38.3 Å². The Balaban J connectivity index is 1.94. The fourth-order valence-corrected chi connectivity index (χ4v) is 2.44. The summed E-state index contributed by atoms with van der Waals surface area (Å²) in [7, 11) is 0. The number of carbonyl (C=O) groups is 1. The summed E-state index contributed by atoms with van der Waals surface area (Å²) in [6.45, 7) is 2.55. The number of hydrogen-bond acceptors (Lipinski definition) is 3. The molecule has 1 aromatic carbocycles. The van der Waals surface area contributed by atoms with Gasteiger partial charge in [0.2, 0.25) is 0 Å². The van der Waals surface area contributed by atoms with Crippen molar-refractivity contribution in [3.05, 3.63) is 29.6 Å². The summed E-state index contributed by atoms with van der Waals surface area (Å²) in [5, 5.41) is 15.6. The molecule has 0 aliphatic carbocycles. The van der Waals surface area contributed by atoms with Crippen molar-refractivity contribution < 1.29 is 14.3 Å². The van der Waals surface area contributed by atoms with Crippen molar-refractivity contribution in [3.63, 3.8) is 0 Å². The SMILES string of the molecule is CC1CCCC(CNC(=O)c2c(O)cccc2F)N1. The predicted molar refractivity (Wildman–Crippen MR) is 70.6 cm³/mol. The number of hydrogen-bond donors (Lipinski definition) is 3. The van der Waals surface area contributed by atoms with Crippen LogP contribution in [0.2, 0.25) is 0 Å². The Morgan fingerprint density at radius 3 is 3.00 bits per heavy atom. The molecule has 1 amide bonds. The third-order valence-electron chi connectivity index (χ3n) is 3.44. The van der Waals surface area contributed by atoms with Gasteiger partial charge >= 0.3 is 0 Å². The smallest absolute Gasteiger partial charge is 0.258 e. The van der Waals surface area contributed by atoms with Crippen LogP contribution in [0, 0.1) is 5.82 Å². The Morgan fingerprint density at radius 1 is 1.53 bits per heavy atom. The van der Waals surface area contributed by atoms with Crippen LogP contribution >= 0.6 is 0 Å². The van der Waals surface area contributed by atoms with Crippen LogP contribution in [0.1, 0.15) is 36.5 Å². The quantitative estimate of drug-likeness (QED) is 0.781. The first kappa shape index (κ1) is 13.8. The van der Waals surface area contributed by atoms with Crippen LogP contribution in [0.5, 0.6) is 5.75 Å². The molecule has 2 rings (SSSR count). The van der Waals surface area contributed by atoms with Gasteiger partial charge in [0, 0.05) is 18.6 Å². The molecule has 0 radical (unpaired) electrons. The number of benzene rings is 1. The van der Waals surface area contributed by atoms with Gasteiger partial charge in [0.15, 0.2) is 0 Å². The zero-order chi connectivity index (χ0) is 13.8. The fraction of sp³-hybridized carbons (Fsp3) is 0.500. The van der Waals surface area contributed by atoms with Gasteiger partial charge in [-0.3, -0.25) is 4.79 Å². The minimum Gasteiger partial charge on any atom is -0.507 e. The van der Waals surface area contributed by atoms with Crippen molar-refractivity contribution in [3.8, 4) is 5.75 Å². The number of carbonyl (C=O) groups excluding carboxylic acids is 1. The molecule has 0 saturated carbocycles. The Morgan fingerprint density at radius 2 is 2.32 bits per heavy atom. The third-order valence-corrected chi connectivity index (χ3v) is 3.44. The topological polar surface area (TPSA) is 61.4 Å². The first-order chi connectivity index (χ1) is 9.08. The highest BCUT2D eigenvalue weighted by Gasteiger charge is 2.20. The second-order valence-electron chi connectivity index (χ2n) is 5.04. The predicted octanol–water partition coefficient (Wildman–Crippen LogP) is 1.79. The van der Waals surface area contributed by atoms with E-state index in [0.29, 0.717) is 12.6 Å². The lowest BCUT2D eigenvalue weighted by Gasteiger charge is -2.28. The van der Waals surface area contributed by atoms with Gasteiger partial charge in [0.05, 0.1) is 0 Å². The molecule has 1 saturated heterocycles. The van der Waals surface area contributed by atoms with E-state index in [1.54, 1.807) is 0 Å². The Hall–Kier alpha value is -1.62. The monoisotopic (exact) mass is 266 g/mol. The van der Waals surface area contributed by atoms with Gasteiger partial charge in [0.25, 0.3) is 5.91 Å². The highest BCUT2D eigenvalue weighted by atomic mass is 19.1. The van der Waals surface area contributed by atoms with Gasteiger partial charge in [0.1, 0.15) is 17.1 Å². The number of nitrogens with one attached hydrogen (secondary N) is 2. The maximum atomic E-state index is 13.5. The largest absolute Gasteiger partial charge is 0.507 e. The number of rotatable bonds is 3. The molecule has 104 valence electrons. The summed E-state index contributed by atoms with van der Waals surface area (Å²) in [5.74, 6) is -1.61. The summed E-state index contributed by atoms with van der Waals surface area (Å²) in [6, 6.07) is 4.49. The lowest BCUT2D eigenvalue weighted by molar-refractivity contribution is 0.0939. The summed E-state index contributed by atoms with van der Waals surface area (Å²) in [6.07, 6.45) is 3.26. The van der Waals surface area contributed by atoms with Crippen molar-refractivity contribution in [1.82, 2.24) is 10.6 Å². The van der Waals surface area contributed by atoms with Gasteiger partial charge in [-0.15, -0.1) is 0 Å². The van der Waals surface area contributed by atoms with Gasteiger partial charge in [-0.2, -0.15) is 0 Å². The van der Waals surface area contributed by atoms with E-state index in [2.05, 4.69) is 17.6 Å². The lowest BCUT2D eigenvalue weighted by Crippen LogP contribution is -2.47. The van der Waals surface area contributed by atoms with Crippen molar-refractivity contribution >= 4 is 5.91 Å². The minimum absolute atomic E-state index is 0.210. The molecule has 3 N–H and O–H groups in total. The molecule has 4 nitrogen and oxygen atoms in total. The maximum Gasteiger partial charge on any atom is 0.258 e. The molecule has 1 fully saturated rings. The summed E-state index contributed by atoms with van der Waals surface area (Å²) in [5.41, 5.74) is -0.286. The first-order valence-electron chi connectivity index (χ1n) is 6.59. The van der Waals surface area contributed by atoms with Crippen molar-refractivity contribution in [2.75, 3.05) is 6.54 Å². The molecule has 0 bridgehead atoms. The standard InChI is InChI=1S/C14H19FN2O2/c1-9-4-2-5-10(17-9)8-16-14(19)13-11(15)6-3-7-12(13)18/h3,6-7,9-10,17-18H,2,4-5,8H2,1H3,(H,16,19). The van der Waals surface area contributed by atoms with E-state index in [9.17, 15) is 14.3 Å². The van der Waals surface area contributed by atoms with E-state index in [1.807, 2.05) is 0 Å². The van der Waals surface area contributed by atoms with Gasteiger partial charge in [-0.1, -0.05) is 12.5 Å². The maximum absolute atomic E-state index is 13.5. The molecule has 1 heterocycles. The van der Waals surface area contributed by atoms with Crippen LogP contribution in [-0.2, 0) is 0 Å². The van der Waals surface area contributed by atoms with Crippen LogP contribution in [0.3, 0.4) is 0 Å². The van der Waals surface area contributed by atoms with Gasteiger partial charge in [-0.05, 0) is 31.9 Å². The molecular weight excluding hydrogens is 247 g/mol. The van der Waals surface area contributed by atoms with E-state index in [4.69, 9.17) is 0 Å². The van der Waals surface area contributed by atoms with Crippen molar-refractivity contribution in [2.24, 2.45) is 0 Å². The van der Waals surface area contributed by atoms with Crippen LogP contribution < -0.4 is 10.6 Å². The van der Waals surface area contributed by atoms with Crippen molar-refractivity contribution in [1.29, 1.82) is 0 Å². The van der Waals surface area contributed by atoms with E-state index in [-0.39, 0.29) is 17.4 Å². The van der Waals surface area contributed by atoms with Crippen LogP contribution in [-0.4, -0.2) is 29.6 Å². The zero-order valence-electron chi connectivity index (χ0n) is 10.9. The van der Waals surface area contributed by atoms with Crippen LogP contribution in [0.15, 0.2) is 18.2 Å². The first-order valence-corrected chi connectivity index (χ1v) is 6.59. The molecule has 19 heavy (non-hydrogen) atoms. The number of piperidine rings is 1. The van der Waals surface area contributed by atoms with Crippen LogP contribution in [0.4, 0.5) is 4.39 Å². The molecular formula is C14H19FN2O2. The zero-order valence-corrected chi connectivity index (χ0v) is 10.9. The van der Waals surface area contributed by atoms with E-state index >= 15 is 0 Å². The number of phenols is 1. The minimum atomic E-state index is -0.706. The molecule has 2 unspecified atom stereocenters. The Bertz CT molecular complexity index is 445. The van der Waals surface area contributed by atoms with E-state index in [1.165, 1.54) is 12.1 Å². The lowest BCUT2D eigenvalue weighted by atomic mass is 9.99. The molecule has 5 heteroatoms. The average Bonchev–Trinajstić information content (AvgIpc) is 2.36. The second-order valence-corrected chi connectivity index (χ2v) is 5.04. The summed E-state index contributed by atoms with van der Waals surface area (Å²) in [4.78, 5) is 11.9. The fourth-order valence-electron chi connectivity index (χ4n) is 2.44. The normalized spacial score (nSPS) is 23.1. The van der Waals surface area contributed by atoms with Gasteiger partial charge < -0.3 is 15.7 Å². The molecule has 2 atom stereocenters. The molecule has 0 spiro atoms. The van der Waals surface area contributed by atoms with E-state index < -0.39 is 11.7 Å². The molecule has 1 aromatic rings. The number of amides is 1. The Kier molecular flexibility index (Phi) is 4.37. The number of phenolic OH excluding ortho intramolecular Hbond substituents is 1. The average molecular weight is 266 g/mol. The van der Waals surface area contributed by atoms with Gasteiger partial charge in [-0.25, -0.2) is 4.39 Å². The molecule has 0 aromatic heterocycles. The Labute approximate surface area is 112 Å². The van der Waals surface area contributed by atoms with E-state index in [0.717, 1.165) is 25.3 Å². The highest BCUT2D eigenvalue weighted by Crippen LogP contribution is 2.19.